The van der Waals surface area contributed by atoms with Crippen LogP contribution in [0.25, 0.3) is 0 Å². The summed E-state index contributed by atoms with van der Waals surface area (Å²) in [7, 11) is 21.7. The first-order chi connectivity index (χ1) is 33.7. The van der Waals surface area contributed by atoms with Crippen LogP contribution in [0.1, 0.15) is 84.0 Å². The third-order valence-electron chi connectivity index (χ3n) is 15.3. The molecular weight excluding hydrogens is 889 g/mol. The number of carbonyl (C=O) groups excluding carboxylic acids is 2. The number of likely N-dealkylation sites (N-methyl/N-ethyl adjacent to an activating group) is 2. The van der Waals surface area contributed by atoms with Crippen LogP contribution in [0.5, 0.6) is 46.0 Å². The van der Waals surface area contributed by atoms with Gasteiger partial charge in [-0.05, 0) is 83.6 Å². The monoisotopic (exact) mass is 969 g/mol. The number of carbonyl (C=O) groups is 2. The molecule has 0 radical (unpaired) electrons. The van der Waals surface area contributed by atoms with Crippen LogP contribution in [0, 0.1) is 0 Å². The van der Waals surface area contributed by atoms with E-state index in [-0.39, 0.29) is 23.9 Å². The molecule has 14 nitrogen and oxygen atoms in total. The third kappa shape index (κ3) is 12.4. The SMILES string of the molecule is COc1ccc(CC2c3cc(OC)c(OC)cc3CC[N+]2(C)CCC(=O)N(C)CCCCCCN(C)C(=O)CC[N+]2(C)CCc3cc(OC)c(OC)cc3C2Cc2ccc(OC)c(OC)c2)cc1OC. The first-order valence-corrected chi connectivity index (χ1v) is 24.8. The van der Waals surface area contributed by atoms with Crippen LogP contribution in [0.2, 0.25) is 0 Å². The van der Waals surface area contributed by atoms with Crippen LogP contribution in [-0.2, 0) is 35.3 Å². The second-order valence-corrected chi connectivity index (χ2v) is 19.5. The smallest absolute Gasteiger partial charge is 0.227 e. The number of fused-ring (bicyclic) bond motifs is 2. The lowest BCUT2D eigenvalue weighted by atomic mass is 9.86. The minimum Gasteiger partial charge on any atom is -0.493 e. The average molecular weight is 969 g/mol. The highest BCUT2D eigenvalue weighted by Crippen LogP contribution is 2.45. The van der Waals surface area contributed by atoms with E-state index in [0.717, 1.165) is 96.0 Å². The first-order valence-electron chi connectivity index (χ1n) is 24.8. The molecular formula is C56H80N4O10+2. The molecule has 0 aliphatic carbocycles. The van der Waals surface area contributed by atoms with Gasteiger partial charge in [-0.3, -0.25) is 9.59 Å². The Balaban J connectivity index is 0.997. The molecule has 382 valence electrons. The van der Waals surface area contributed by atoms with Crippen molar-refractivity contribution < 1.29 is 56.5 Å². The van der Waals surface area contributed by atoms with Crippen LogP contribution in [0.15, 0.2) is 60.7 Å². The Hall–Kier alpha value is -5.86. The summed E-state index contributed by atoms with van der Waals surface area (Å²) < 4.78 is 46.7. The maximum atomic E-state index is 13.7. The van der Waals surface area contributed by atoms with Gasteiger partial charge >= 0.3 is 0 Å². The Morgan fingerprint density at radius 1 is 0.471 bits per heavy atom. The van der Waals surface area contributed by atoms with E-state index in [4.69, 9.17) is 37.9 Å². The fourth-order valence-electron chi connectivity index (χ4n) is 10.7. The van der Waals surface area contributed by atoms with Crippen LogP contribution in [-0.4, -0.2) is 155 Å². The molecule has 0 bridgehead atoms. The van der Waals surface area contributed by atoms with Gasteiger partial charge in [-0.25, -0.2) is 0 Å². The number of ether oxygens (including phenoxy) is 8. The summed E-state index contributed by atoms with van der Waals surface area (Å²) in [5.41, 5.74) is 7.20. The molecule has 2 aliphatic rings. The molecule has 4 aromatic carbocycles. The first kappa shape index (κ1) is 53.5. The van der Waals surface area contributed by atoms with Gasteiger partial charge in [-0.15, -0.1) is 0 Å². The van der Waals surface area contributed by atoms with Gasteiger partial charge in [0.1, 0.15) is 12.1 Å². The molecule has 0 N–H and O–H groups in total. The summed E-state index contributed by atoms with van der Waals surface area (Å²) in [6, 6.07) is 20.9. The van der Waals surface area contributed by atoms with Crippen molar-refractivity contribution in [2.24, 2.45) is 0 Å². The molecule has 0 saturated heterocycles. The standard InChI is InChI=1S/C56H80N4O10/c1-57(55(61)23-29-59(3)27-21-41-35-51(67-9)53(69-11)37-43(41)45(59)31-39-17-19-47(63-5)49(33-39)65-7)25-15-13-14-16-26-58(2)56(62)24-30-60(4)28-22-42-36-52(68-10)54(70-12)38-44(42)46(60)32-40-18-20-48(64-6)50(34-40)66-8/h17-20,33-38,45-46H,13-16,21-32H2,1-12H3/q+2. The Morgan fingerprint density at radius 2 is 0.800 bits per heavy atom. The van der Waals surface area contributed by atoms with E-state index in [9.17, 15) is 9.59 Å². The number of quaternary nitrogens is 2. The molecule has 2 heterocycles. The number of hydrogen-bond donors (Lipinski definition) is 0. The van der Waals surface area contributed by atoms with Crippen molar-refractivity contribution in [3.05, 3.63) is 94.0 Å². The maximum Gasteiger partial charge on any atom is 0.227 e. The lowest BCUT2D eigenvalue weighted by Gasteiger charge is -2.46. The zero-order valence-electron chi connectivity index (χ0n) is 44.1. The van der Waals surface area contributed by atoms with Crippen molar-refractivity contribution in [1.82, 2.24) is 9.80 Å². The number of benzene rings is 4. The molecule has 6 rings (SSSR count). The predicted octanol–water partition coefficient (Wildman–Crippen LogP) is 8.29. The van der Waals surface area contributed by atoms with E-state index < -0.39 is 0 Å². The molecule has 70 heavy (non-hydrogen) atoms. The molecule has 2 aliphatic heterocycles. The number of unbranched alkanes of at least 4 members (excludes halogenated alkanes) is 3. The summed E-state index contributed by atoms with van der Waals surface area (Å²) in [5.74, 6) is 5.97. The normalized spacial score (nSPS) is 19.3. The number of rotatable bonds is 25. The Morgan fingerprint density at radius 3 is 1.14 bits per heavy atom. The van der Waals surface area contributed by atoms with Crippen LogP contribution < -0.4 is 37.9 Å². The quantitative estimate of drug-likeness (QED) is 0.0475. The molecule has 14 heteroatoms. The predicted molar refractivity (Wildman–Crippen MR) is 273 cm³/mol. The summed E-state index contributed by atoms with van der Waals surface area (Å²) in [4.78, 5) is 31.2. The Bertz CT molecular complexity index is 2250. The van der Waals surface area contributed by atoms with E-state index in [1.165, 1.54) is 22.3 Å². The summed E-state index contributed by atoms with van der Waals surface area (Å²) in [6.07, 6.45) is 7.98. The van der Waals surface area contributed by atoms with Gasteiger partial charge < -0.3 is 56.7 Å². The van der Waals surface area contributed by atoms with Crippen LogP contribution in [0.3, 0.4) is 0 Å². The summed E-state index contributed by atoms with van der Waals surface area (Å²) in [5, 5.41) is 0. The van der Waals surface area contributed by atoms with E-state index >= 15 is 0 Å². The fraction of sp³-hybridized carbons (Fsp3) is 0.536. The lowest BCUT2D eigenvalue weighted by molar-refractivity contribution is -0.940. The van der Waals surface area contributed by atoms with Crippen molar-refractivity contribution in [3.63, 3.8) is 0 Å². The topological polar surface area (TPSA) is 114 Å². The maximum absolute atomic E-state index is 13.7. The minimum atomic E-state index is 0.0819. The van der Waals surface area contributed by atoms with Gasteiger partial charge in [0.2, 0.25) is 11.8 Å². The van der Waals surface area contributed by atoms with Gasteiger partial charge in [0, 0.05) is 64.0 Å². The van der Waals surface area contributed by atoms with Gasteiger partial charge in [0.05, 0.1) is 110 Å². The molecule has 4 aromatic rings. The van der Waals surface area contributed by atoms with Crippen LogP contribution >= 0.6 is 0 Å². The van der Waals surface area contributed by atoms with Gasteiger partial charge in [-0.1, -0.05) is 25.0 Å². The Kier molecular flexibility index (Phi) is 18.6. The summed E-state index contributed by atoms with van der Waals surface area (Å²) >= 11 is 0. The van der Waals surface area contributed by atoms with Crippen molar-refractivity contribution >= 4 is 11.8 Å². The lowest BCUT2D eigenvalue weighted by Crippen LogP contribution is -2.53. The highest BCUT2D eigenvalue weighted by Gasteiger charge is 2.42. The van der Waals surface area contributed by atoms with E-state index in [2.05, 4.69) is 62.6 Å². The van der Waals surface area contributed by atoms with E-state index in [1.807, 2.05) is 36.0 Å². The van der Waals surface area contributed by atoms with E-state index in [1.54, 1.807) is 56.9 Å². The third-order valence-corrected chi connectivity index (χ3v) is 15.3. The highest BCUT2D eigenvalue weighted by molar-refractivity contribution is 5.76. The second-order valence-electron chi connectivity index (χ2n) is 19.5. The van der Waals surface area contributed by atoms with Gasteiger partial charge in [0.15, 0.2) is 46.0 Å². The molecule has 0 saturated carbocycles. The van der Waals surface area contributed by atoms with Crippen molar-refractivity contribution in [3.8, 4) is 46.0 Å². The minimum absolute atomic E-state index is 0.0819. The van der Waals surface area contributed by atoms with Gasteiger partial charge in [0.25, 0.3) is 0 Å². The second kappa shape index (κ2) is 24.3. The molecule has 0 aromatic heterocycles. The van der Waals surface area contributed by atoms with Crippen molar-refractivity contribution in [1.29, 1.82) is 0 Å². The number of hydrogen-bond acceptors (Lipinski definition) is 10. The largest absolute Gasteiger partial charge is 0.493 e. The van der Waals surface area contributed by atoms with Crippen molar-refractivity contribution in [2.75, 3.05) is 124 Å². The molecule has 4 atom stereocenters. The molecule has 0 fully saturated rings. The fourth-order valence-corrected chi connectivity index (χ4v) is 10.7. The van der Waals surface area contributed by atoms with Gasteiger partial charge in [-0.2, -0.15) is 0 Å². The average Bonchev–Trinajstić information content (AvgIpc) is 3.38. The summed E-state index contributed by atoms with van der Waals surface area (Å²) in [6.45, 7) is 4.62. The molecule has 2 amide bonds. The van der Waals surface area contributed by atoms with E-state index in [0.29, 0.717) is 73.5 Å². The zero-order valence-corrected chi connectivity index (χ0v) is 44.1. The molecule has 0 spiro atoms. The van der Waals surface area contributed by atoms with Crippen LogP contribution in [0.4, 0.5) is 0 Å². The highest BCUT2D eigenvalue weighted by atomic mass is 16.5. The number of amides is 2. The van der Waals surface area contributed by atoms with Crippen molar-refractivity contribution in [2.45, 2.75) is 76.3 Å². The molecule has 4 unspecified atom stereocenters. The number of methoxy groups -OCH3 is 8. The Labute approximate surface area is 417 Å². The number of nitrogens with zero attached hydrogens (tertiary/aromatic N) is 4. The zero-order chi connectivity index (χ0) is 50.6.